The molecule has 1 saturated heterocycles. The van der Waals surface area contributed by atoms with Crippen LogP contribution in [0.15, 0.2) is 24.3 Å². The van der Waals surface area contributed by atoms with Crippen LogP contribution in [0.2, 0.25) is 0 Å². The molecule has 2 amide bonds. The number of hydroxylamine groups is 2. The van der Waals surface area contributed by atoms with Crippen molar-refractivity contribution in [2.75, 3.05) is 60.6 Å². The van der Waals surface area contributed by atoms with Gasteiger partial charge in [0, 0.05) is 7.11 Å². The van der Waals surface area contributed by atoms with Gasteiger partial charge in [-0.05, 0) is 54.7 Å². The number of benzene rings is 2. The van der Waals surface area contributed by atoms with Crippen molar-refractivity contribution < 1.29 is 43.2 Å². The van der Waals surface area contributed by atoms with Crippen molar-refractivity contribution in [2.45, 2.75) is 38.4 Å². The fourth-order valence-corrected chi connectivity index (χ4v) is 4.28. The lowest BCUT2D eigenvalue weighted by molar-refractivity contribution is -0.0504. The third-order valence-electron chi connectivity index (χ3n) is 6.18. The van der Waals surface area contributed by atoms with Gasteiger partial charge in [0.2, 0.25) is 5.75 Å². The minimum Gasteiger partial charge on any atom is -0.493 e. The standard InChI is InChI=1S/C27H38N2O9/c1-7-11-37-25-19(28-27(30)29(31)10-12-32-2)13-17(14-22(25)33-3)20-8-9-21(38-20)18-15-23(34-4)26(36-6)24(16-18)35-5/h13-16,20-21,31H,7-12H2,1-6H3,(H,28,30). The highest BCUT2D eigenvalue weighted by Gasteiger charge is 2.31. The van der Waals surface area contributed by atoms with Gasteiger partial charge in [-0.25, -0.2) is 9.86 Å². The average molecular weight is 535 g/mol. The van der Waals surface area contributed by atoms with Crippen LogP contribution in [-0.4, -0.2) is 71.6 Å². The molecule has 0 aromatic heterocycles. The number of rotatable bonds is 13. The summed E-state index contributed by atoms with van der Waals surface area (Å²) in [4.78, 5) is 12.6. The van der Waals surface area contributed by atoms with Crippen LogP contribution >= 0.6 is 0 Å². The molecule has 0 spiro atoms. The van der Waals surface area contributed by atoms with Crippen molar-refractivity contribution in [1.29, 1.82) is 0 Å². The molecule has 0 aliphatic carbocycles. The second-order valence-corrected chi connectivity index (χ2v) is 8.64. The van der Waals surface area contributed by atoms with Gasteiger partial charge in [-0.15, -0.1) is 0 Å². The molecule has 210 valence electrons. The topological polar surface area (TPSA) is 117 Å². The van der Waals surface area contributed by atoms with E-state index in [9.17, 15) is 10.0 Å². The quantitative estimate of drug-likeness (QED) is 0.271. The van der Waals surface area contributed by atoms with Crippen LogP contribution in [-0.2, 0) is 9.47 Å². The summed E-state index contributed by atoms with van der Waals surface area (Å²) in [7, 11) is 7.74. The number of ether oxygens (including phenoxy) is 7. The maximum Gasteiger partial charge on any atom is 0.345 e. The van der Waals surface area contributed by atoms with Gasteiger partial charge in [-0.1, -0.05) is 6.92 Å². The summed E-state index contributed by atoms with van der Waals surface area (Å²) in [6.45, 7) is 2.60. The van der Waals surface area contributed by atoms with Gasteiger partial charge in [-0.3, -0.25) is 5.21 Å². The third kappa shape index (κ3) is 6.72. The molecular formula is C27H38N2O9. The Morgan fingerprint density at radius 2 is 1.45 bits per heavy atom. The van der Waals surface area contributed by atoms with Crippen LogP contribution in [0.1, 0.15) is 49.5 Å². The molecule has 0 radical (unpaired) electrons. The first-order valence-corrected chi connectivity index (χ1v) is 12.5. The van der Waals surface area contributed by atoms with E-state index >= 15 is 0 Å². The Kier molecular flexibility index (Phi) is 10.7. The minimum absolute atomic E-state index is 0.00646. The van der Waals surface area contributed by atoms with E-state index in [1.807, 2.05) is 25.1 Å². The Morgan fingerprint density at radius 3 is 1.95 bits per heavy atom. The molecule has 0 bridgehead atoms. The predicted octanol–water partition coefficient (Wildman–Crippen LogP) is 4.97. The number of carbonyl (C=O) groups excluding carboxylic acids is 1. The molecule has 38 heavy (non-hydrogen) atoms. The fraction of sp³-hybridized carbons (Fsp3) is 0.519. The summed E-state index contributed by atoms with van der Waals surface area (Å²) in [6, 6.07) is 6.70. The van der Waals surface area contributed by atoms with Crippen LogP contribution < -0.4 is 29.0 Å². The van der Waals surface area contributed by atoms with E-state index in [1.165, 1.54) is 14.2 Å². The molecule has 1 aliphatic rings. The molecule has 0 saturated carbocycles. The van der Waals surface area contributed by atoms with E-state index in [4.69, 9.17) is 33.2 Å². The first-order valence-electron chi connectivity index (χ1n) is 12.5. The first kappa shape index (κ1) is 29.2. The predicted molar refractivity (Wildman–Crippen MR) is 140 cm³/mol. The molecule has 2 aromatic carbocycles. The van der Waals surface area contributed by atoms with Gasteiger partial charge < -0.3 is 38.5 Å². The summed E-state index contributed by atoms with van der Waals surface area (Å²) in [5.41, 5.74) is 2.07. The number of carbonyl (C=O) groups is 1. The lowest BCUT2D eigenvalue weighted by Gasteiger charge is -2.22. The molecule has 2 N–H and O–H groups in total. The van der Waals surface area contributed by atoms with Gasteiger partial charge in [-0.2, -0.15) is 0 Å². The smallest absolute Gasteiger partial charge is 0.345 e. The van der Waals surface area contributed by atoms with Gasteiger partial charge in [0.05, 0.1) is 66.1 Å². The van der Waals surface area contributed by atoms with Gasteiger partial charge in [0.1, 0.15) is 0 Å². The summed E-state index contributed by atoms with van der Waals surface area (Å²) < 4.78 is 39.3. The third-order valence-corrected chi connectivity index (χ3v) is 6.18. The van der Waals surface area contributed by atoms with Crippen LogP contribution in [0.25, 0.3) is 0 Å². The normalized spacial score (nSPS) is 16.6. The van der Waals surface area contributed by atoms with Crippen LogP contribution in [0.3, 0.4) is 0 Å². The number of nitrogens with one attached hydrogen (secondary N) is 1. The van der Waals surface area contributed by atoms with Crippen molar-refractivity contribution in [3.63, 3.8) is 0 Å². The first-order chi connectivity index (χ1) is 18.4. The molecule has 11 heteroatoms. The zero-order valence-electron chi connectivity index (χ0n) is 22.9. The van der Waals surface area contributed by atoms with E-state index in [-0.39, 0.29) is 25.4 Å². The zero-order chi connectivity index (χ0) is 27.7. The largest absolute Gasteiger partial charge is 0.493 e. The Hall–Kier alpha value is -3.41. The van der Waals surface area contributed by atoms with Crippen molar-refractivity contribution in [3.05, 3.63) is 35.4 Å². The lowest BCUT2D eigenvalue weighted by atomic mass is 10.0. The lowest BCUT2D eigenvalue weighted by Crippen LogP contribution is -2.34. The zero-order valence-corrected chi connectivity index (χ0v) is 22.9. The van der Waals surface area contributed by atoms with Crippen molar-refractivity contribution >= 4 is 11.7 Å². The van der Waals surface area contributed by atoms with E-state index in [0.717, 1.165) is 30.4 Å². The number of urea groups is 1. The van der Waals surface area contributed by atoms with E-state index in [1.54, 1.807) is 27.4 Å². The molecule has 2 atom stereocenters. The Labute approximate surface area is 223 Å². The van der Waals surface area contributed by atoms with E-state index < -0.39 is 6.03 Å². The Balaban J connectivity index is 1.90. The number of nitrogens with zero attached hydrogens (tertiary/aromatic N) is 1. The van der Waals surface area contributed by atoms with Crippen molar-refractivity contribution in [3.8, 4) is 28.7 Å². The second-order valence-electron chi connectivity index (χ2n) is 8.64. The van der Waals surface area contributed by atoms with Crippen LogP contribution in [0.4, 0.5) is 10.5 Å². The van der Waals surface area contributed by atoms with E-state index in [0.29, 0.717) is 46.1 Å². The molecule has 3 rings (SSSR count). The average Bonchev–Trinajstić information content (AvgIpc) is 3.44. The van der Waals surface area contributed by atoms with Crippen LogP contribution in [0.5, 0.6) is 28.7 Å². The molecule has 1 heterocycles. The summed E-state index contributed by atoms with van der Waals surface area (Å²) in [5, 5.41) is 13.4. The fourth-order valence-electron chi connectivity index (χ4n) is 4.28. The minimum atomic E-state index is -0.717. The molecule has 2 aromatic rings. The van der Waals surface area contributed by atoms with Gasteiger partial charge >= 0.3 is 6.03 Å². The Bertz CT molecular complexity index is 1050. The number of hydrogen-bond donors (Lipinski definition) is 2. The summed E-state index contributed by atoms with van der Waals surface area (Å²) >= 11 is 0. The maximum absolute atomic E-state index is 12.6. The summed E-state index contributed by atoms with van der Waals surface area (Å²) in [6.07, 6.45) is 1.76. The molecule has 1 aliphatic heterocycles. The monoisotopic (exact) mass is 534 g/mol. The highest BCUT2D eigenvalue weighted by atomic mass is 16.5. The molecule has 1 fully saturated rings. The number of methoxy groups -OCH3 is 5. The highest BCUT2D eigenvalue weighted by molar-refractivity contribution is 5.91. The highest BCUT2D eigenvalue weighted by Crippen LogP contribution is 2.48. The maximum atomic E-state index is 12.6. The SMILES string of the molecule is CCCOc1c(NC(=O)N(O)CCOC)cc(C2CCC(c3cc(OC)c(OC)c(OC)c3)O2)cc1OC. The number of anilines is 1. The van der Waals surface area contributed by atoms with Crippen molar-refractivity contribution in [2.24, 2.45) is 0 Å². The summed E-state index contributed by atoms with van der Waals surface area (Å²) in [5.74, 6) is 2.46. The molecule has 11 nitrogen and oxygen atoms in total. The number of hydrogen-bond acceptors (Lipinski definition) is 9. The van der Waals surface area contributed by atoms with Crippen molar-refractivity contribution in [1.82, 2.24) is 5.06 Å². The van der Waals surface area contributed by atoms with Gasteiger partial charge in [0.15, 0.2) is 23.0 Å². The van der Waals surface area contributed by atoms with Crippen LogP contribution in [0, 0.1) is 0 Å². The Morgan fingerprint density at radius 1 is 0.895 bits per heavy atom. The molecule has 2 unspecified atom stereocenters. The van der Waals surface area contributed by atoms with Gasteiger partial charge in [0.25, 0.3) is 0 Å². The van der Waals surface area contributed by atoms with E-state index in [2.05, 4.69) is 5.32 Å². The number of amides is 2. The second kappa shape index (κ2) is 13.9. The molecular weight excluding hydrogens is 496 g/mol.